The first-order chi connectivity index (χ1) is 14.1. The molecular formula is C23H24BrNO4. The summed E-state index contributed by atoms with van der Waals surface area (Å²) in [6, 6.07) is 14.4. The van der Waals surface area contributed by atoms with Crippen LogP contribution in [0.4, 0.5) is 0 Å². The monoisotopic (exact) mass is 457 g/mol. The summed E-state index contributed by atoms with van der Waals surface area (Å²) in [6.45, 7) is 2.30. The molecule has 2 heterocycles. The van der Waals surface area contributed by atoms with Gasteiger partial charge in [-0.05, 0) is 60.6 Å². The molecule has 1 saturated carbocycles. The number of ether oxygens (including phenoxy) is 3. The maximum absolute atomic E-state index is 12.9. The van der Waals surface area contributed by atoms with E-state index in [4.69, 9.17) is 14.2 Å². The Bertz CT molecular complexity index is 908. The van der Waals surface area contributed by atoms with Crippen LogP contribution < -0.4 is 14.8 Å². The van der Waals surface area contributed by atoms with Gasteiger partial charge in [0.1, 0.15) is 0 Å². The van der Waals surface area contributed by atoms with Crippen LogP contribution >= 0.6 is 15.9 Å². The van der Waals surface area contributed by atoms with E-state index in [1.165, 1.54) is 11.1 Å². The zero-order valence-electron chi connectivity index (χ0n) is 16.2. The molecule has 0 aromatic heterocycles. The topological polar surface area (TPSA) is 56.8 Å². The lowest BCUT2D eigenvalue weighted by Gasteiger charge is -2.38. The van der Waals surface area contributed by atoms with Crippen molar-refractivity contribution in [3.63, 3.8) is 0 Å². The zero-order valence-corrected chi connectivity index (χ0v) is 17.7. The molecular weight excluding hydrogens is 434 g/mol. The third-order valence-electron chi connectivity index (χ3n) is 6.46. The molecule has 3 aliphatic rings. The highest BCUT2D eigenvalue weighted by molar-refractivity contribution is 9.10. The average molecular weight is 458 g/mol. The molecule has 2 aromatic rings. The number of carbonyl (C=O) groups is 1. The van der Waals surface area contributed by atoms with Gasteiger partial charge in [-0.15, -0.1) is 0 Å². The Hall–Kier alpha value is -2.05. The first kappa shape index (κ1) is 18.9. The fraction of sp³-hybridized carbons (Fsp3) is 0.435. The van der Waals surface area contributed by atoms with Crippen LogP contribution in [-0.2, 0) is 14.9 Å². The minimum Gasteiger partial charge on any atom is -0.454 e. The van der Waals surface area contributed by atoms with Crippen molar-refractivity contribution in [3.8, 4) is 11.5 Å². The van der Waals surface area contributed by atoms with E-state index in [1.807, 2.05) is 18.2 Å². The standard InChI is InChI=1S/C23H24BrNO4/c24-17-4-1-15(2-5-17)18-12-19(18)22(26)25-13-23(7-9-27-10-8-23)16-3-6-20-21(11-16)29-14-28-20/h1-6,11,18-19H,7-10,12-14H2,(H,25,26)/t18-,19-/m1/s1. The molecule has 29 heavy (non-hydrogen) atoms. The molecule has 0 unspecified atom stereocenters. The number of amides is 1. The van der Waals surface area contributed by atoms with Gasteiger partial charge >= 0.3 is 0 Å². The van der Waals surface area contributed by atoms with Gasteiger partial charge in [0.2, 0.25) is 12.7 Å². The van der Waals surface area contributed by atoms with Crippen molar-refractivity contribution in [1.82, 2.24) is 5.32 Å². The van der Waals surface area contributed by atoms with Gasteiger partial charge in [-0.25, -0.2) is 0 Å². The first-order valence-electron chi connectivity index (χ1n) is 10.2. The number of nitrogens with one attached hydrogen (secondary N) is 1. The van der Waals surface area contributed by atoms with Crippen LogP contribution in [-0.4, -0.2) is 32.5 Å². The Kier molecular flexibility index (Phi) is 5.00. The van der Waals surface area contributed by atoms with Crippen LogP contribution in [0, 0.1) is 5.92 Å². The molecule has 0 radical (unpaired) electrons. The minimum atomic E-state index is -0.128. The molecule has 2 aliphatic heterocycles. The lowest BCUT2D eigenvalue weighted by atomic mass is 9.74. The number of hydrogen-bond donors (Lipinski definition) is 1. The molecule has 0 bridgehead atoms. The summed E-state index contributed by atoms with van der Waals surface area (Å²) < 4.78 is 17.7. The molecule has 2 fully saturated rings. The normalized spacial score (nSPS) is 24.2. The van der Waals surface area contributed by atoms with E-state index in [0.717, 1.165) is 35.2 Å². The molecule has 2 aromatic carbocycles. The van der Waals surface area contributed by atoms with Gasteiger partial charge in [0.25, 0.3) is 0 Å². The number of hydrogen-bond acceptors (Lipinski definition) is 4. The van der Waals surface area contributed by atoms with Crippen molar-refractivity contribution in [1.29, 1.82) is 0 Å². The van der Waals surface area contributed by atoms with Gasteiger partial charge in [-0.1, -0.05) is 34.1 Å². The second-order valence-corrected chi connectivity index (χ2v) is 9.09. The Balaban J connectivity index is 1.28. The average Bonchev–Trinajstić information content (AvgIpc) is 3.42. The van der Waals surface area contributed by atoms with E-state index < -0.39 is 0 Å². The highest BCUT2D eigenvalue weighted by Crippen LogP contribution is 2.48. The third kappa shape index (κ3) is 3.76. The van der Waals surface area contributed by atoms with Crippen molar-refractivity contribution >= 4 is 21.8 Å². The van der Waals surface area contributed by atoms with Gasteiger partial charge in [0.15, 0.2) is 11.5 Å². The summed E-state index contributed by atoms with van der Waals surface area (Å²) in [5.74, 6) is 2.14. The van der Waals surface area contributed by atoms with Crippen LogP contribution in [0.2, 0.25) is 0 Å². The van der Waals surface area contributed by atoms with Gasteiger partial charge in [0, 0.05) is 35.6 Å². The second kappa shape index (κ2) is 7.65. The molecule has 1 aliphatic carbocycles. The molecule has 5 nitrogen and oxygen atoms in total. The quantitative estimate of drug-likeness (QED) is 0.732. The summed E-state index contributed by atoms with van der Waals surface area (Å²) in [4.78, 5) is 12.9. The number of benzene rings is 2. The van der Waals surface area contributed by atoms with Gasteiger partial charge in [-0.2, -0.15) is 0 Å². The van der Waals surface area contributed by atoms with Crippen LogP contribution in [0.1, 0.15) is 36.3 Å². The molecule has 152 valence electrons. The number of carbonyl (C=O) groups excluding carboxylic acids is 1. The van der Waals surface area contributed by atoms with Crippen LogP contribution in [0.3, 0.4) is 0 Å². The van der Waals surface area contributed by atoms with Crippen molar-refractivity contribution in [2.24, 2.45) is 5.92 Å². The minimum absolute atomic E-state index is 0.0739. The highest BCUT2D eigenvalue weighted by Gasteiger charge is 2.45. The molecule has 1 N–H and O–H groups in total. The first-order valence-corrected chi connectivity index (χ1v) is 10.9. The van der Waals surface area contributed by atoms with Crippen molar-refractivity contribution in [2.75, 3.05) is 26.6 Å². The summed E-state index contributed by atoms with van der Waals surface area (Å²) in [7, 11) is 0. The van der Waals surface area contributed by atoms with E-state index >= 15 is 0 Å². The third-order valence-corrected chi connectivity index (χ3v) is 6.99. The smallest absolute Gasteiger partial charge is 0.231 e. The summed E-state index contributed by atoms with van der Waals surface area (Å²) >= 11 is 3.47. The summed E-state index contributed by atoms with van der Waals surface area (Å²) in [5.41, 5.74) is 2.30. The molecule has 1 amide bonds. The Morgan fingerprint density at radius 2 is 1.83 bits per heavy atom. The second-order valence-electron chi connectivity index (χ2n) is 8.18. The van der Waals surface area contributed by atoms with E-state index in [1.54, 1.807) is 0 Å². The van der Waals surface area contributed by atoms with Gasteiger partial charge < -0.3 is 19.5 Å². The van der Waals surface area contributed by atoms with Crippen molar-refractivity contribution < 1.29 is 19.0 Å². The molecule has 0 spiro atoms. The van der Waals surface area contributed by atoms with Gasteiger partial charge in [0.05, 0.1) is 0 Å². The fourth-order valence-corrected chi connectivity index (χ4v) is 4.77. The summed E-state index contributed by atoms with van der Waals surface area (Å²) in [5, 5.41) is 3.26. The maximum Gasteiger partial charge on any atom is 0.231 e. The lowest BCUT2D eigenvalue weighted by Crippen LogP contribution is -2.45. The number of halogens is 1. The number of rotatable bonds is 5. The van der Waals surface area contributed by atoms with Crippen LogP contribution in [0.5, 0.6) is 11.5 Å². The predicted octanol–water partition coefficient (Wildman–Crippen LogP) is 4.15. The Labute approximate surface area is 178 Å². The van der Waals surface area contributed by atoms with Crippen molar-refractivity contribution in [2.45, 2.75) is 30.6 Å². The number of fused-ring (bicyclic) bond motifs is 1. The predicted molar refractivity (Wildman–Crippen MR) is 112 cm³/mol. The van der Waals surface area contributed by atoms with E-state index in [2.05, 4.69) is 45.5 Å². The van der Waals surface area contributed by atoms with E-state index in [9.17, 15) is 4.79 Å². The Morgan fingerprint density at radius 3 is 2.62 bits per heavy atom. The Morgan fingerprint density at radius 1 is 1.07 bits per heavy atom. The molecule has 1 saturated heterocycles. The molecule has 6 heteroatoms. The molecule has 2 atom stereocenters. The SMILES string of the molecule is O=C(NCC1(c2ccc3c(c2)OCO3)CCOCC1)[C@@H]1C[C@@H]1c1ccc(Br)cc1. The van der Waals surface area contributed by atoms with Crippen molar-refractivity contribution in [3.05, 3.63) is 58.1 Å². The molecule has 5 rings (SSSR count). The van der Waals surface area contributed by atoms with Gasteiger partial charge in [-0.3, -0.25) is 4.79 Å². The van der Waals surface area contributed by atoms with E-state index in [-0.39, 0.29) is 24.0 Å². The lowest BCUT2D eigenvalue weighted by molar-refractivity contribution is -0.122. The maximum atomic E-state index is 12.9. The van der Waals surface area contributed by atoms with E-state index in [0.29, 0.717) is 25.7 Å². The largest absolute Gasteiger partial charge is 0.454 e. The fourth-order valence-electron chi connectivity index (χ4n) is 4.51. The van der Waals surface area contributed by atoms with Crippen LogP contribution in [0.15, 0.2) is 46.9 Å². The zero-order chi connectivity index (χ0) is 19.8. The summed E-state index contributed by atoms with van der Waals surface area (Å²) in [6.07, 6.45) is 2.69. The van der Waals surface area contributed by atoms with Crippen LogP contribution in [0.25, 0.3) is 0 Å². The highest BCUT2D eigenvalue weighted by atomic mass is 79.9.